The number of nitrogens with zero attached hydrogens (tertiary/aromatic N) is 1. The van der Waals surface area contributed by atoms with E-state index in [9.17, 15) is 9.59 Å². The quantitative estimate of drug-likeness (QED) is 0.768. The topological polar surface area (TPSA) is 95.1 Å². The van der Waals surface area contributed by atoms with Gasteiger partial charge in [0, 0.05) is 0 Å². The first-order chi connectivity index (χ1) is 8.96. The summed E-state index contributed by atoms with van der Waals surface area (Å²) in [5.74, 6) is -0.481. The van der Waals surface area contributed by atoms with Gasteiger partial charge in [-0.05, 0) is 24.8 Å². The average molecular weight is 281 g/mol. The predicted octanol–water partition coefficient (Wildman–Crippen LogP) is 1.33. The second-order valence-electron chi connectivity index (χ2n) is 4.49. The first kappa shape index (κ1) is 13.7. The number of fused-ring (bicyclic) bond motifs is 1. The van der Waals surface area contributed by atoms with Gasteiger partial charge in [-0.25, -0.2) is 4.98 Å². The van der Waals surface area contributed by atoms with Crippen LogP contribution in [0, 0.1) is 0 Å². The Kier molecular flexibility index (Phi) is 3.68. The molecule has 2 aromatic rings. The Morgan fingerprint density at radius 1 is 1.63 bits per heavy atom. The van der Waals surface area contributed by atoms with Crippen molar-refractivity contribution in [3.05, 3.63) is 27.6 Å². The minimum Gasteiger partial charge on any atom is -0.480 e. The van der Waals surface area contributed by atoms with Crippen molar-refractivity contribution in [2.24, 2.45) is 0 Å². The van der Waals surface area contributed by atoms with Gasteiger partial charge in [0.25, 0.3) is 5.56 Å². The van der Waals surface area contributed by atoms with Gasteiger partial charge in [0.05, 0.1) is 12.1 Å². The highest BCUT2D eigenvalue weighted by Gasteiger charge is 2.30. The largest absolute Gasteiger partial charge is 0.480 e. The van der Waals surface area contributed by atoms with Crippen LogP contribution in [0.4, 0.5) is 0 Å². The van der Waals surface area contributed by atoms with Crippen molar-refractivity contribution >= 4 is 27.5 Å². The van der Waals surface area contributed by atoms with Crippen LogP contribution in [0.5, 0.6) is 0 Å². The van der Waals surface area contributed by atoms with Crippen LogP contribution in [0.25, 0.3) is 10.2 Å². The third-order valence-corrected chi connectivity index (χ3v) is 4.09. The maximum Gasteiger partial charge on any atom is 0.323 e. The lowest BCUT2D eigenvalue weighted by molar-refractivity contribution is -0.144. The summed E-state index contributed by atoms with van der Waals surface area (Å²) in [5.41, 5.74) is -0.577. The minimum absolute atomic E-state index is 0.190. The van der Waals surface area contributed by atoms with Gasteiger partial charge in [-0.3, -0.25) is 14.9 Å². The molecule has 19 heavy (non-hydrogen) atoms. The number of aliphatic carboxylic acids is 1. The fourth-order valence-corrected chi connectivity index (χ4v) is 2.36. The number of hydrogen-bond donors (Lipinski definition) is 3. The van der Waals surface area contributed by atoms with Crippen LogP contribution in [-0.4, -0.2) is 26.6 Å². The summed E-state index contributed by atoms with van der Waals surface area (Å²) in [6.45, 7) is 3.60. The van der Waals surface area contributed by atoms with Gasteiger partial charge in [0.1, 0.15) is 16.1 Å². The first-order valence-corrected chi connectivity index (χ1v) is 6.79. The molecule has 3 N–H and O–H groups in total. The molecule has 0 fully saturated rings. The molecule has 0 aliphatic heterocycles. The Labute approximate surface area is 113 Å². The molecular formula is C12H15N3O3S. The van der Waals surface area contributed by atoms with Crippen molar-refractivity contribution in [2.45, 2.75) is 32.4 Å². The highest BCUT2D eigenvalue weighted by atomic mass is 32.1. The first-order valence-electron chi connectivity index (χ1n) is 5.91. The van der Waals surface area contributed by atoms with E-state index in [-0.39, 0.29) is 12.1 Å². The maximum absolute atomic E-state index is 11.8. The Bertz CT molecular complexity index is 664. The molecule has 2 rings (SSSR count). The number of thiophene rings is 1. The van der Waals surface area contributed by atoms with Gasteiger partial charge < -0.3 is 10.1 Å². The molecule has 0 radical (unpaired) electrons. The Morgan fingerprint density at radius 2 is 2.37 bits per heavy atom. The number of H-pyrrole nitrogens is 1. The third-order valence-electron chi connectivity index (χ3n) is 3.19. The van der Waals surface area contributed by atoms with Crippen molar-refractivity contribution in [3.8, 4) is 0 Å². The van der Waals surface area contributed by atoms with Crippen LogP contribution >= 0.6 is 11.3 Å². The van der Waals surface area contributed by atoms with E-state index < -0.39 is 11.5 Å². The lowest BCUT2D eigenvalue weighted by Gasteiger charge is -2.24. The van der Waals surface area contributed by atoms with Crippen LogP contribution in [-0.2, 0) is 11.3 Å². The number of hydrogen-bond acceptors (Lipinski definition) is 5. The zero-order chi connectivity index (χ0) is 14.0. The predicted molar refractivity (Wildman–Crippen MR) is 73.4 cm³/mol. The molecule has 0 amide bonds. The van der Waals surface area contributed by atoms with Crippen LogP contribution in [0.15, 0.2) is 16.2 Å². The number of nitrogens with one attached hydrogen (secondary N) is 2. The smallest absolute Gasteiger partial charge is 0.323 e. The van der Waals surface area contributed by atoms with Crippen molar-refractivity contribution in [1.82, 2.24) is 15.3 Å². The number of rotatable bonds is 5. The molecule has 1 atom stereocenters. The maximum atomic E-state index is 11.8. The van der Waals surface area contributed by atoms with Crippen LogP contribution in [0.1, 0.15) is 26.1 Å². The molecule has 2 aromatic heterocycles. The van der Waals surface area contributed by atoms with Crippen LogP contribution in [0.3, 0.4) is 0 Å². The van der Waals surface area contributed by atoms with E-state index in [1.54, 1.807) is 25.3 Å². The summed E-state index contributed by atoms with van der Waals surface area (Å²) in [6.07, 6.45) is 0.438. The average Bonchev–Trinajstić information content (AvgIpc) is 2.84. The monoisotopic (exact) mass is 281 g/mol. The van der Waals surface area contributed by atoms with Gasteiger partial charge in [0.2, 0.25) is 0 Å². The lowest BCUT2D eigenvalue weighted by Crippen LogP contribution is -2.48. The number of carboxylic acids is 1. The molecule has 0 aliphatic rings. The van der Waals surface area contributed by atoms with E-state index >= 15 is 0 Å². The summed E-state index contributed by atoms with van der Waals surface area (Å²) >= 11 is 1.33. The molecule has 0 bridgehead atoms. The molecule has 0 saturated carbocycles. The number of carboxylic acid groups (broad SMARTS) is 1. The van der Waals surface area contributed by atoms with Gasteiger partial charge in [-0.15, -0.1) is 11.3 Å². The standard InChI is InChI=1S/C12H15N3O3S/c1-3-12(2,11(17)18)13-6-8-14-7-4-5-19-9(7)10(16)15-8/h4-5,13H,3,6H2,1-2H3,(H,17,18)(H,14,15,16). The van der Waals surface area contributed by atoms with E-state index in [4.69, 9.17) is 5.11 Å². The second kappa shape index (κ2) is 5.10. The Balaban J connectivity index is 2.22. The molecule has 1 unspecified atom stereocenters. The molecular weight excluding hydrogens is 266 g/mol. The SMILES string of the molecule is CCC(C)(NCc1nc2ccsc2c(=O)[nH]1)C(=O)O. The van der Waals surface area contributed by atoms with E-state index in [2.05, 4.69) is 15.3 Å². The van der Waals surface area contributed by atoms with E-state index in [0.717, 1.165) is 0 Å². The van der Waals surface area contributed by atoms with Crippen molar-refractivity contribution in [3.63, 3.8) is 0 Å². The number of carbonyl (C=O) groups is 1. The molecule has 0 saturated heterocycles. The highest BCUT2D eigenvalue weighted by Crippen LogP contribution is 2.14. The lowest BCUT2D eigenvalue weighted by atomic mass is 9.99. The van der Waals surface area contributed by atoms with E-state index in [1.165, 1.54) is 11.3 Å². The zero-order valence-corrected chi connectivity index (χ0v) is 11.5. The van der Waals surface area contributed by atoms with Gasteiger partial charge in [-0.1, -0.05) is 6.92 Å². The molecule has 6 nitrogen and oxygen atoms in total. The summed E-state index contributed by atoms with van der Waals surface area (Å²) in [4.78, 5) is 29.9. The fraction of sp³-hybridized carbons (Fsp3) is 0.417. The molecule has 102 valence electrons. The van der Waals surface area contributed by atoms with Crippen LogP contribution in [0.2, 0.25) is 0 Å². The molecule has 0 spiro atoms. The van der Waals surface area contributed by atoms with E-state index in [1.807, 2.05) is 0 Å². The number of aromatic amines is 1. The van der Waals surface area contributed by atoms with Crippen molar-refractivity contribution in [2.75, 3.05) is 0 Å². The fourth-order valence-electron chi connectivity index (χ4n) is 1.64. The van der Waals surface area contributed by atoms with Crippen molar-refractivity contribution in [1.29, 1.82) is 0 Å². The van der Waals surface area contributed by atoms with Crippen LogP contribution < -0.4 is 10.9 Å². The highest BCUT2D eigenvalue weighted by molar-refractivity contribution is 7.17. The number of aromatic nitrogens is 2. The zero-order valence-electron chi connectivity index (χ0n) is 10.7. The van der Waals surface area contributed by atoms with Gasteiger partial charge in [-0.2, -0.15) is 0 Å². The summed E-state index contributed by atoms with van der Waals surface area (Å²) in [7, 11) is 0. The summed E-state index contributed by atoms with van der Waals surface area (Å²) in [5, 5.41) is 13.9. The van der Waals surface area contributed by atoms with Gasteiger partial charge in [0.15, 0.2) is 0 Å². The van der Waals surface area contributed by atoms with Crippen molar-refractivity contribution < 1.29 is 9.90 Å². The summed E-state index contributed by atoms with van der Waals surface area (Å²) in [6, 6.07) is 1.77. The molecule has 2 heterocycles. The molecule has 0 aromatic carbocycles. The van der Waals surface area contributed by atoms with E-state index in [0.29, 0.717) is 22.5 Å². The Hall–Kier alpha value is -1.73. The minimum atomic E-state index is -1.03. The van der Waals surface area contributed by atoms with Gasteiger partial charge >= 0.3 is 5.97 Å². The summed E-state index contributed by atoms with van der Waals surface area (Å²) < 4.78 is 0.584. The molecule has 0 aliphatic carbocycles. The Morgan fingerprint density at radius 3 is 3.00 bits per heavy atom. The second-order valence-corrected chi connectivity index (χ2v) is 5.41. The third kappa shape index (κ3) is 2.66. The normalized spacial score (nSPS) is 14.4. The molecule has 7 heteroatoms.